The molecular formula is C13H13N3O3S. The van der Waals surface area contributed by atoms with E-state index < -0.39 is 17.9 Å². The van der Waals surface area contributed by atoms with E-state index in [-0.39, 0.29) is 10.6 Å². The maximum absolute atomic E-state index is 12.0. The SMILES string of the molecule is Cc1nsc(NC(=O)C(N)c2ccccc2)c1C(=O)O. The molecule has 1 unspecified atom stereocenters. The number of aromatic carboxylic acids is 1. The number of rotatable bonds is 4. The number of hydrogen-bond donors (Lipinski definition) is 3. The Morgan fingerprint density at radius 3 is 2.60 bits per heavy atom. The lowest BCUT2D eigenvalue weighted by Gasteiger charge is -2.11. The van der Waals surface area contributed by atoms with E-state index >= 15 is 0 Å². The molecule has 2 aromatic rings. The standard InChI is InChI=1S/C13H13N3O3S/c1-7-9(13(18)19)12(20-16-7)15-11(17)10(14)8-5-3-2-4-6-8/h2-6,10H,14H2,1H3,(H,15,17)(H,18,19). The van der Waals surface area contributed by atoms with Gasteiger partial charge < -0.3 is 16.2 Å². The number of carboxylic acid groups (broad SMARTS) is 1. The minimum absolute atomic E-state index is 0.00334. The van der Waals surface area contributed by atoms with E-state index in [0.29, 0.717) is 11.3 Å². The molecule has 0 aliphatic heterocycles. The molecule has 6 nitrogen and oxygen atoms in total. The van der Waals surface area contributed by atoms with Crippen LogP contribution >= 0.6 is 11.5 Å². The van der Waals surface area contributed by atoms with Gasteiger partial charge in [-0.3, -0.25) is 4.79 Å². The largest absolute Gasteiger partial charge is 0.478 e. The molecule has 1 aromatic carbocycles. The Bertz CT molecular complexity index is 640. The molecule has 0 fully saturated rings. The number of carbonyl (C=O) groups excluding carboxylic acids is 1. The van der Waals surface area contributed by atoms with Crippen LogP contribution in [-0.4, -0.2) is 21.4 Å². The highest BCUT2D eigenvalue weighted by atomic mass is 32.1. The van der Waals surface area contributed by atoms with E-state index in [1.807, 2.05) is 6.07 Å². The van der Waals surface area contributed by atoms with Crippen LogP contribution in [0.5, 0.6) is 0 Å². The third kappa shape index (κ3) is 2.84. The summed E-state index contributed by atoms with van der Waals surface area (Å²) in [6.07, 6.45) is 0. The summed E-state index contributed by atoms with van der Waals surface area (Å²) in [5, 5.41) is 11.8. The third-order valence-electron chi connectivity index (χ3n) is 2.75. The summed E-state index contributed by atoms with van der Waals surface area (Å²) in [6, 6.07) is 7.99. The molecular weight excluding hydrogens is 278 g/mol. The number of aryl methyl sites for hydroxylation is 1. The molecule has 0 bridgehead atoms. The van der Waals surface area contributed by atoms with Gasteiger partial charge in [-0.05, 0) is 24.0 Å². The second kappa shape index (κ2) is 5.81. The number of hydrogen-bond acceptors (Lipinski definition) is 5. The molecule has 1 atom stereocenters. The van der Waals surface area contributed by atoms with Gasteiger partial charge in [-0.15, -0.1) is 0 Å². The number of carboxylic acids is 1. The molecule has 1 aromatic heterocycles. The Morgan fingerprint density at radius 2 is 2.00 bits per heavy atom. The highest BCUT2D eigenvalue weighted by Crippen LogP contribution is 2.25. The van der Waals surface area contributed by atoms with Crippen molar-refractivity contribution in [3.63, 3.8) is 0 Å². The molecule has 0 radical (unpaired) electrons. The number of nitrogens with one attached hydrogen (secondary N) is 1. The summed E-state index contributed by atoms with van der Waals surface area (Å²) in [4.78, 5) is 23.2. The molecule has 4 N–H and O–H groups in total. The van der Waals surface area contributed by atoms with Crippen LogP contribution in [0.25, 0.3) is 0 Å². The first-order valence-electron chi connectivity index (χ1n) is 5.81. The van der Waals surface area contributed by atoms with Gasteiger partial charge in [0.15, 0.2) is 0 Å². The van der Waals surface area contributed by atoms with E-state index in [0.717, 1.165) is 11.5 Å². The van der Waals surface area contributed by atoms with Crippen molar-refractivity contribution >= 4 is 28.4 Å². The lowest BCUT2D eigenvalue weighted by molar-refractivity contribution is -0.117. The highest BCUT2D eigenvalue weighted by molar-refractivity contribution is 7.11. The van der Waals surface area contributed by atoms with Gasteiger partial charge in [0.1, 0.15) is 16.6 Å². The Hall–Kier alpha value is -2.25. The number of aromatic nitrogens is 1. The lowest BCUT2D eigenvalue weighted by atomic mass is 10.1. The van der Waals surface area contributed by atoms with Crippen molar-refractivity contribution in [2.24, 2.45) is 5.73 Å². The molecule has 1 heterocycles. The van der Waals surface area contributed by atoms with Crippen molar-refractivity contribution < 1.29 is 14.7 Å². The normalized spacial score (nSPS) is 11.9. The van der Waals surface area contributed by atoms with Crippen molar-refractivity contribution in [2.45, 2.75) is 13.0 Å². The summed E-state index contributed by atoms with van der Waals surface area (Å²) in [5.74, 6) is -1.60. The molecule has 0 saturated heterocycles. The number of carbonyl (C=O) groups is 2. The average Bonchev–Trinajstić information content (AvgIpc) is 2.79. The fraction of sp³-hybridized carbons (Fsp3) is 0.154. The molecule has 0 spiro atoms. The van der Waals surface area contributed by atoms with Crippen molar-refractivity contribution in [2.75, 3.05) is 5.32 Å². The van der Waals surface area contributed by atoms with Crippen LogP contribution in [0.2, 0.25) is 0 Å². The van der Waals surface area contributed by atoms with Crippen LogP contribution in [0.4, 0.5) is 5.00 Å². The number of nitrogens with two attached hydrogens (primary N) is 1. The van der Waals surface area contributed by atoms with Crippen LogP contribution in [0, 0.1) is 6.92 Å². The molecule has 7 heteroatoms. The molecule has 0 saturated carbocycles. The highest BCUT2D eigenvalue weighted by Gasteiger charge is 2.22. The van der Waals surface area contributed by atoms with Gasteiger partial charge in [0.25, 0.3) is 0 Å². The fourth-order valence-electron chi connectivity index (χ4n) is 1.71. The molecule has 104 valence electrons. The number of anilines is 1. The van der Waals surface area contributed by atoms with E-state index in [9.17, 15) is 9.59 Å². The summed E-state index contributed by atoms with van der Waals surface area (Å²) in [6.45, 7) is 1.58. The second-order valence-corrected chi connectivity index (χ2v) is 4.93. The minimum Gasteiger partial charge on any atom is -0.478 e. The molecule has 20 heavy (non-hydrogen) atoms. The third-order valence-corrected chi connectivity index (χ3v) is 3.61. The van der Waals surface area contributed by atoms with Crippen LogP contribution < -0.4 is 11.1 Å². The summed E-state index contributed by atoms with van der Waals surface area (Å²) < 4.78 is 3.93. The van der Waals surface area contributed by atoms with Crippen LogP contribution in [0.15, 0.2) is 30.3 Å². The van der Waals surface area contributed by atoms with Gasteiger partial charge in [0.2, 0.25) is 5.91 Å². The maximum Gasteiger partial charge on any atom is 0.340 e. The maximum atomic E-state index is 12.0. The van der Waals surface area contributed by atoms with Crippen molar-refractivity contribution in [3.05, 3.63) is 47.2 Å². The lowest BCUT2D eigenvalue weighted by Crippen LogP contribution is -2.27. The molecule has 1 amide bonds. The minimum atomic E-state index is -1.13. The Labute approximate surface area is 119 Å². The quantitative estimate of drug-likeness (QED) is 0.796. The number of amides is 1. The summed E-state index contributed by atoms with van der Waals surface area (Å²) in [5.41, 5.74) is 6.87. The van der Waals surface area contributed by atoms with Gasteiger partial charge in [0, 0.05) is 0 Å². The van der Waals surface area contributed by atoms with Crippen molar-refractivity contribution in [3.8, 4) is 0 Å². The number of nitrogens with zero attached hydrogens (tertiary/aromatic N) is 1. The van der Waals surface area contributed by atoms with Crippen molar-refractivity contribution in [1.82, 2.24) is 4.37 Å². The first-order chi connectivity index (χ1) is 9.50. The topological polar surface area (TPSA) is 105 Å². The molecule has 0 aliphatic rings. The molecule has 0 aliphatic carbocycles. The first kappa shape index (κ1) is 14.2. The molecule has 2 rings (SSSR count). The Morgan fingerprint density at radius 1 is 1.35 bits per heavy atom. The van der Waals surface area contributed by atoms with Gasteiger partial charge in [0.05, 0.1) is 5.69 Å². The Kier molecular flexibility index (Phi) is 4.11. The zero-order chi connectivity index (χ0) is 14.7. The van der Waals surface area contributed by atoms with E-state index in [2.05, 4.69) is 9.69 Å². The van der Waals surface area contributed by atoms with Gasteiger partial charge in [-0.2, -0.15) is 4.37 Å². The van der Waals surface area contributed by atoms with Gasteiger partial charge in [-0.1, -0.05) is 30.3 Å². The van der Waals surface area contributed by atoms with Crippen LogP contribution in [-0.2, 0) is 4.79 Å². The van der Waals surface area contributed by atoms with Crippen molar-refractivity contribution in [1.29, 1.82) is 0 Å². The van der Waals surface area contributed by atoms with Gasteiger partial charge in [-0.25, -0.2) is 4.79 Å². The Balaban J connectivity index is 2.18. The van der Waals surface area contributed by atoms with E-state index in [4.69, 9.17) is 10.8 Å². The van der Waals surface area contributed by atoms with Gasteiger partial charge >= 0.3 is 5.97 Å². The number of benzene rings is 1. The summed E-state index contributed by atoms with van der Waals surface area (Å²) in [7, 11) is 0. The van der Waals surface area contributed by atoms with E-state index in [1.54, 1.807) is 31.2 Å². The van der Waals surface area contributed by atoms with Crippen LogP contribution in [0.3, 0.4) is 0 Å². The average molecular weight is 291 g/mol. The van der Waals surface area contributed by atoms with Crippen LogP contribution in [0.1, 0.15) is 27.7 Å². The van der Waals surface area contributed by atoms with E-state index in [1.165, 1.54) is 0 Å². The predicted molar refractivity (Wildman–Crippen MR) is 75.8 cm³/mol. The second-order valence-electron chi connectivity index (χ2n) is 4.15. The predicted octanol–water partition coefficient (Wildman–Crippen LogP) is 1.79. The zero-order valence-corrected chi connectivity index (χ0v) is 11.5. The fourth-order valence-corrected chi connectivity index (χ4v) is 2.50. The zero-order valence-electron chi connectivity index (χ0n) is 10.7. The smallest absolute Gasteiger partial charge is 0.340 e. The first-order valence-corrected chi connectivity index (χ1v) is 6.59. The summed E-state index contributed by atoms with van der Waals surface area (Å²) >= 11 is 0.927. The monoisotopic (exact) mass is 291 g/mol.